The Balaban J connectivity index is 1.68. The van der Waals surface area contributed by atoms with Gasteiger partial charge < -0.3 is 9.64 Å². The zero-order valence-electron chi connectivity index (χ0n) is 17.3. The Kier molecular flexibility index (Phi) is 5.74. The number of ether oxygens (including phenoxy) is 1. The summed E-state index contributed by atoms with van der Waals surface area (Å²) < 4.78 is 46.8. The number of aryl methyl sites for hydroxylation is 1. The summed E-state index contributed by atoms with van der Waals surface area (Å²) in [4.78, 5) is 17.7. The van der Waals surface area contributed by atoms with Gasteiger partial charge in [0, 0.05) is 24.2 Å². The Labute approximate surface area is 173 Å². The standard InChI is InChI=1S/C21H27F3N4O2/c1-3-16-13(2)25-19-10-17(14-4-6-15(7-5-14)21(22,23)24)26-28(19)20(16)18-11-27(12-29)8-9-30-18/h10,12,14-15,18H,3-9,11H2,1-2H3/t14-,15-,18?. The topological polar surface area (TPSA) is 59.7 Å². The van der Waals surface area contributed by atoms with E-state index in [1.807, 2.05) is 19.9 Å². The fraction of sp³-hybridized carbons (Fsp3) is 0.667. The number of hydrogen-bond acceptors (Lipinski definition) is 4. The maximum Gasteiger partial charge on any atom is 0.391 e. The molecule has 1 aliphatic heterocycles. The molecular formula is C21H27F3N4O2. The summed E-state index contributed by atoms with van der Waals surface area (Å²) in [5.41, 5.74) is 4.29. The van der Waals surface area contributed by atoms with E-state index in [1.54, 1.807) is 9.42 Å². The van der Waals surface area contributed by atoms with Crippen LogP contribution in [0.5, 0.6) is 0 Å². The lowest BCUT2D eigenvalue weighted by Gasteiger charge is -2.31. The van der Waals surface area contributed by atoms with Crippen molar-refractivity contribution < 1.29 is 22.7 Å². The van der Waals surface area contributed by atoms with Crippen LogP contribution in [0.3, 0.4) is 0 Å². The van der Waals surface area contributed by atoms with Crippen LogP contribution in [0.25, 0.3) is 5.65 Å². The SMILES string of the molecule is CCc1c(C)nc2cc([C@H]3CC[C@H](C(F)(F)F)CC3)nn2c1C1CN(C=O)CCO1. The predicted molar refractivity (Wildman–Crippen MR) is 104 cm³/mol. The summed E-state index contributed by atoms with van der Waals surface area (Å²) in [5.74, 6) is -1.21. The van der Waals surface area contributed by atoms with E-state index in [4.69, 9.17) is 14.8 Å². The third-order valence-corrected chi connectivity index (χ3v) is 6.48. The second-order valence-corrected chi connectivity index (χ2v) is 8.30. The first-order chi connectivity index (χ1) is 14.3. The summed E-state index contributed by atoms with van der Waals surface area (Å²) in [6, 6.07) is 1.90. The molecule has 1 amide bonds. The second-order valence-electron chi connectivity index (χ2n) is 8.30. The molecule has 1 aliphatic carbocycles. The van der Waals surface area contributed by atoms with Crippen molar-refractivity contribution in [3.63, 3.8) is 0 Å². The molecule has 0 radical (unpaired) electrons. The van der Waals surface area contributed by atoms with Crippen molar-refractivity contribution in [3.05, 3.63) is 28.7 Å². The number of carbonyl (C=O) groups is 1. The Morgan fingerprint density at radius 1 is 1.27 bits per heavy atom. The van der Waals surface area contributed by atoms with Crippen LogP contribution in [-0.2, 0) is 16.0 Å². The minimum atomic E-state index is -4.12. The van der Waals surface area contributed by atoms with E-state index < -0.39 is 12.1 Å². The third kappa shape index (κ3) is 3.91. The van der Waals surface area contributed by atoms with Crippen LogP contribution in [0.1, 0.15) is 67.3 Å². The molecule has 1 atom stereocenters. The molecule has 1 saturated heterocycles. The van der Waals surface area contributed by atoms with Gasteiger partial charge in [-0.05, 0) is 44.6 Å². The maximum absolute atomic E-state index is 13.0. The van der Waals surface area contributed by atoms with Crippen LogP contribution in [0.4, 0.5) is 13.2 Å². The summed E-state index contributed by atoms with van der Waals surface area (Å²) in [5, 5.41) is 4.79. The second kappa shape index (κ2) is 8.17. The van der Waals surface area contributed by atoms with Gasteiger partial charge in [0.15, 0.2) is 5.65 Å². The zero-order valence-corrected chi connectivity index (χ0v) is 17.3. The van der Waals surface area contributed by atoms with E-state index in [9.17, 15) is 18.0 Å². The Bertz CT molecular complexity index is 919. The molecule has 2 aromatic rings. The highest BCUT2D eigenvalue weighted by Crippen LogP contribution is 2.43. The van der Waals surface area contributed by atoms with E-state index in [1.165, 1.54) is 0 Å². The largest absolute Gasteiger partial charge is 0.391 e. The molecule has 0 aromatic carbocycles. The Hall–Kier alpha value is -2.16. The van der Waals surface area contributed by atoms with Crippen LogP contribution in [0, 0.1) is 12.8 Å². The van der Waals surface area contributed by atoms with Crippen molar-refractivity contribution in [3.8, 4) is 0 Å². The zero-order chi connectivity index (χ0) is 21.5. The number of aromatic nitrogens is 3. The summed E-state index contributed by atoms with van der Waals surface area (Å²) >= 11 is 0. The number of morpholine rings is 1. The van der Waals surface area contributed by atoms with Gasteiger partial charge in [0.25, 0.3) is 0 Å². The van der Waals surface area contributed by atoms with Gasteiger partial charge in [0.2, 0.25) is 6.41 Å². The monoisotopic (exact) mass is 424 g/mol. The van der Waals surface area contributed by atoms with Crippen molar-refractivity contribution in [2.45, 2.75) is 64.1 Å². The van der Waals surface area contributed by atoms with Gasteiger partial charge in [0.05, 0.1) is 30.5 Å². The molecule has 4 rings (SSSR count). The quantitative estimate of drug-likeness (QED) is 0.697. The lowest BCUT2D eigenvalue weighted by molar-refractivity contribution is -0.182. The number of rotatable bonds is 4. The van der Waals surface area contributed by atoms with Crippen molar-refractivity contribution in [1.82, 2.24) is 19.5 Å². The molecule has 30 heavy (non-hydrogen) atoms. The minimum absolute atomic E-state index is 0.00211. The van der Waals surface area contributed by atoms with E-state index in [-0.39, 0.29) is 24.9 Å². The lowest BCUT2D eigenvalue weighted by atomic mass is 9.80. The van der Waals surface area contributed by atoms with Crippen LogP contribution in [0.15, 0.2) is 6.07 Å². The van der Waals surface area contributed by atoms with Gasteiger partial charge in [0.1, 0.15) is 6.10 Å². The molecule has 1 unspecified atom stereocenters. The van der Waals surface area contributed by atoms with Gasteiger partial charge in [-0.2, -0.15) is 18.3 Å². The number of amides is 1. The van der Waals surface area contributed by atoms with E-state index in [0.717, 1.165) is 35.5 Å². The van der Waals surface area contributed by atoms with Crippen LogP contribution < -0.4 is 0 Å². The predicted octanol–water partition coefficient (Wildman–Crippen LogP) is 3.97. The average Bonchev–Trinajstić information content (AvgIpc) is 3.15. The van der Waals surface area contributed by atoms with Gasteiger partial charge in [-0.25, -0.2) is 9.50 Å². The molecule has 2 aromatic heterocycles. The number of alkyl halides is 3. The van der Waals surface area contributed by atoms with Crippen molar-refractivity contribution in [2.24, 2.45) is 5.92 Å². The molecule has 0 spiro atoms. The molecule has 1 saturated carbocycles. The fourth-order valence-electron chi connectivity index (χ4n) is 4.81. The third-order valence-electron chi connectivity index (χ3n) is 6.48. The first-order valence-corrected chi connectivity index (χ1v) is 10.6. The molecule has 0 bridgehead atoms. The molecule has 3 heterocycles. The number of fused-ring (bicyclic) bond motifs is 1. The maximum atomic E-state index is 13.0. The van der Waals surface area contributed by atoms with Gasteiger partial charge in [-0.3, -0.25) is 4.79 Å². The van der Waals surface area contributed by atoms with Crippen molar-refractivity contribution >= 4 is 12.1 Å². The van der Waals surface area contributed by atoms with E-state index in [0.29, 0.717) is 38.2 Å². The Morgan fingerprint density at radius 2 is 2.00 bits per heavy atom. The number of halogens is 3. The Morgan fingerprint density at radius 3 is 2.63 bits per heavy atom. The summed E-state index contributed by atoms with van der Waals surface area (Å²) in [6.45, 7) is 5.44. The molecule has 2 fully saturated rings. The average molecular weight is 424 g/mol. The molecule has 0 N–H and O–H groups in total. The van der Waals surface area contributed by atoms with Crippen molar-refractivity contribution in [1.29, 1.82) is 0 Å². The van der Waals surface area contributed by atoms with Crippen molar-refractivity contribution in [2.75, 3.05) is 19.7 Å². The van der Waals surface area contributed by atoms with Gasteiger partial charge in [-0.1, -0.05) is 6.92 Å². The molecule has 9 heteroatoms. The van der Waals surface area contributed by atoms with E-state index >= 15 is 0 Å². The smallest absolute Gasteiger partial charge is 0.368 e. The minimum Gasteiger partial charge on any atom is -0.368 e. The van der Waals surface area contributed by atoms with Crippen LogP contribution >= 0.6 is 0 Å². The highest BCUT2D eigenvalue weighted by atomic mass is 19.4. The van der Waals surface area contributed by atoms with E-state index in [2.05, 4.69) is 0 Å². The lowest BCUT2D eigenvalue weighted by Crippen LogP contribution is -2.38. The fourth-order valence-corrected chi connectivity index (χ4v) is 4.81. The first kappa shape index (κ1) is 21.1. The highest BCUT2D eigenvalue weighted by Gasteiger charge is 2.42. The van der Waals surface area contributed by atoms with Gasteiger partial charge in [-0.15, -0.1) is 0 Å². The van der Waals surface area contributed by atoms with Gasteiger partial charge >= 0.3 is 6.18 Å². The molecule has 164 valence electrons. The molecule has 2 aliphatic rings. The first-order valence-electron chi connectivity index (χ1n) is 10.6. The van der Waals surface area contributed by atoms with Crippen LogP contribution in [0.2, 0.25) is 0 Å². The molecular weight excluding hydrogens is 397 g/mol. The summed E-state index contributed by atoms with van der Waals surface area (Å²) in [6.07, 6.45) is -1.62. The highest BCUT2D eigenvalue weighted by molar-refractivity contribution is 5.49. The van der Waals surface area contributed by atoms with Crippen LogP contribution in [-0.4, -0.2) is 51.8 Å². The number of nitrogens with zero attached hydrogens (tertiary/aromatic N) is 4. The molecule has 6 nitrogen and oxygen atoms in total. The number of carbonyl (C=O) groups excluding carboxylic acids is 1. The summed E-state index contributed by atoms with van der Waals surface area (Å²) in [7, 11) is 0. The number of hydrogen-bond donors (Lipinski definition) is 0. The normalized spacial score (nSPS) is 25.6.